The maximum atomic E-state index is 6.35. The SMILES string of the molecule is c1ccc(-c2cc3c(c(N(c4ccccc4)c4cc5ccc(-c6ccc(C7CCCCC7)cc6)cc5c5cc(N(c6ccccc6)c6ccc7oc8ccccc8c7c6)ccc45)c2)Cc2ccccc2-3)cc1. The van der Waals surface area contributed by atoms with Gasteiger partial charge in [0.25, 0.3) is 0 Å². The van der Waals surface area contributed by atoms with Crippen LogP contribution in [0, 0.1) is 0 Å². The van der Waals surface area contributed by atoms with Gasteiger partial charge in [-0.3, -0.25) is 0 Å². The third-order valence-electron chi connectivity index (χ3n) is 15.6. The van der Waals surface area contributed by atoms with Crippen molar-refractivity contribution in [2.45, 2.75) is 44.4 Å². The summed E-state index contributed by atoms with van der Waals surface area (Å²) in [6.07, 6.45) is 7.49. The Bertz CT molecular complexity index is 3980. The van der Waals surface area contributed by atoms with E-state index in [-0.39, 0.29) is 0 Å². The van der Waals surface area contributed by atoms with E-state index in [1.807, 2.05) is 6.07 Å². The smallest absolute Gasteiger partial charge is 0.135 e. The van der Waals surface area contributed by atoms with Crippen LogP contribution < -0.4 is 9.80 Å². The summed E-state index contributed by atoms with van der Waals surface area (Å²) in [5, 5.41) is 6.99. The molecular formula is C69H52N2O. The lowest BCUT2D eigenvalue weighted by Gasteiger charge is -2.31. The molecule has 0 atom stereocenters. The van der Waals surface area contributed by atoms with E-state index in [9.17, 15) is 0 Å². The molecule has 1 aromatic heterocycles. The predicted octanol–water partition coefficient (Wildman–Crippen LogP) is 19.8. The minimum Gasteiger partial charge on any atom is -0.456 e. The highest BCUT2D eigenvalue weighted by Gasteiger charge is 2.28. The highest BCUT2D eigenvalue weighted by molar-refractivity contribution is 6.17. The van der Waals surface area contributed by atoms with E-state index in [0.717, 1.165) is 56.8 Å². The number of rotatable bonds is 9. The molecule has 0 unspecified atom stereocenters. The number of hydrogen-bond donors (Lipinski definition) is 0. The first-order valence-corrected chi connectivity index (χ1v) is 25.7. The molecule has 0 amide bonds. The van der Waals surface area contributed by atoms with E-state index in [0.29, 0.717) is 5.92 Å². The Kier molecular flexibility index (Phi) is 10.3. The van der Waals surface area contributed by atoms with E-state index in [4.69, 9.17) is 4.42 Å². The molecule has 0 bridgehead atoms. The molecule has 1 saturated carbocycles. The van der Waals surface area contributed by atoms with Crippen molar-refractivity contribution in [2.24, 2.45) is 0 Å². The summed E-state index contributed by atoms with van der Waals surface area (Å²) in [6, 6.07) is 87.6. The van der Waals surface area contributed by atoms with Crippen molar-refractivity contribution >= 4 is 77.6 Å². The number of furan rings is 1. The van der Waals surface area contributed by atoms with Crippen LogP contribution >= 0.6 is 0 Å². The third kappa shape index (κ3) is 7.35. The van der Waals surface area contributed by atoms with Crippen molar-refractivity contribution in [1.82, 2.24) is 0 Å². The summed E-state index contributed by atoms with van der Waals surface area (Å²) in [6.45, 7) is 0. The first kappa shape index (κ1) is 42.2. The van der Waals surface area contributed by atoms with Gasteiger partial charge in [0.2, 0.25) is 0 Å². The molecule has 0 aliphatic heterocycles. The molecule has 0 N–H and O–H groups in total. The van der Waals surface area contributed by atoms with Gasteiger partial charge in [0.15, 0.2) is 0 Å². The average Bonchev–Trinajstić information content (AvgIpc) is 4.03. The Balaban J connectivity index is 1.02. The number of fused-ring (bicyclic) bond motifs is 9. The number of hydrogen-bond acceptors (Lipinski definition) is 3. The van der Waals surface area contributed by atoms with Gasteiger partial charge in [0.1, 0.15) is 11.2 Å². The van der Waals surface area contributed by atoms with Crippen molar-refractivity contribution < 1.29 is 4.42 Å². The molecule has 14 rings (SSSR count). The lowest BCUT2D eigenvalue weighted by molar-refractivity contribution is 0.443. The maximum absolute atomic E-state index is 6.35. The highest BCUT2D eigenvalue weighted by atomic mass is 16.3. The zero-order valence-electron chi connectivity index (χ0n) is 40.1. The van der Waals surface area contributed by atoms with Gasteiger partial charge in [-0.15, -0.1) is 0 Å². The second-order valence-electron chi connectivity index (χ2n) is 19.9. The van der Waals surface area contributed by atoms with Crippen LogP contribution in [0.2, 0.25) is 0 Å². The van der Waals surface area contributed by atoms with Gasteiger partial charge in [-0.05, 0) is 170 Å². The van der Waals surface area contributed by atoms with E-state index >= 15 is 0 Å². The molecule has 1 heterocycles. The van der Waals surface area contributed by atoms with Crippen molar-refractivity contribution in [1.29, 1.82) is 0 Å². The van der Waals surface area contributed by atoms with Gasteiger partial charge in [-0.25, -0.2) is 0 Å². The third-order valence-corrected chi connectivity index (χ3v) is 15.6. The summed E-state index contributed by atoms with van der Waals surface area (Å²) in [5.41, 5.74) is 20.1. The van der Waals surface area contributed by atoms with Gasteiger partial charge in [-0.2, -0.15) is 0 Å². The Morgan fingerprint density at radius 3 is 1.78 bits per heavy atom. The lowest BCUT2D eigenvalue weighted by atomic mass is 9.83. The van der Waals surface area contributed by atoms with Crippen molar-refractivity contribution in [3.05, 3.63) is 253 Å². The molecular weight excluding hydrogens is 873 g/mol. The second kappa shape index (κ2) is 17.6. The van der Waals surface area contributed by atoms with E-state index in [2.05, 4.69) is 240 Å². The monoisotopic (exact) mass is 924 g/mol. The topological polar surface area (TPSA) is 19.6 Å². The van der Waals surface area contributed by atoms with Crippen LogP contribution in [0.25, 0.3) is 76.9 Å². The number of nitrogens with zero attached hydrogens (tertiary/aromatic N) is 2. The molecule has 0 spiro atoms. The van der Waals surface area contributed by atoms with Gasteiger partial charge in [0.05, 0.1) is 11.4 Å². The molecule has 1 fully saturated rings. The maximum Gasteiger partial charge on any atom is 0.135 e. The Hall–Kier alpha value is -8.66. The number of anilines is 6. The molecule has 11 aromatic carbocycles. The quantitative estimate of drug-likeness (QED) is 0.135. The summed E-state index contributed by atoms with van der Waals surface area (Å²) in [7, 11) is 0. The largest absolute Gasteiger partial charge is 0.456 e. The van der Waals surface area contributed by atoms with Gasteiger partial charge in [-0.1, -0.05) is 171 Å². The standard InChI is InChI=1S/C69H52N2O/c1-5-17-46(18-6-1)48-29-31-49(32-30-48)50-33-34-52-42-66(71(55-24-11-4-12-25-55)67-43-53(47-19-7-2-8-20-47)41-62-58-26-14-13-21-51(58)40-64(62)67)59-37-35-56(44-63(59)61(52)39-50)70(54-22-9-3-10-23-54)57-36-38-69-65(45-57)60-27-15-16-28-68(60)72-69/h2-4,7-16,19-39,41-46H,1,5-6,17-18,40H2. The van der Waals surface area contributed by atoms with Crippen molar-refractivity contribution in [2.75, 3.05) is 9.80 Å². The van der Waals surface area contributed by atoms with Crippen molar-refractivity contribution in [3.8, 4) is 33.4 Å². The fourth-order valence-corrected chi connectivity index (χ4v) is 12.1. The lowest BCUT2D eigenvalue weighted by Crippen LogP contribution is -2.13. The summed E-state index contributed by atoms with van der Waals surface area (Å²) < 4.78 is 6.35. The van der Waals surface area contributed by atoms with Crippen molar-refractivity contribution in [3.63, 3.8) is 0 Å². The Labute approximate surface area is 420 Å². The van der Waals surface area contributed by atoms with Crippen LogP contribution in [0.1, 0.15) is 54.7 Å². The number of benzene rings is 11. The molecule has 0 radical (unpaired) electrons. The van der Waals surface area contributed by atoms with Crippen LogP contribution in [0.15, 0.2) is 241 Å². The fourth-order valence-electron chi connectivity index (χ4n) is 12.1. The Morgan fingerprint density at radius 1 is 0.347 bits per heavy atom. The summed E-state index contributed by atoms with van der Waals surface area (Å²) >= 11 is 0. The van der Waals surface area contributed by atoms with Gasteiger partial charge in [0, 0.05) is 45.3 Å². The normalized spacial score (nSPS) is 13.4. The molecule has 3 nitrogen and oxygen atoms in total. The van der Waals surface area contributed by atoms with E-state index in [1.165, 1.54) is 109 Å². The first-order valence-electron chi connectivity index (χ1n) is 25.7. The van der Waals surface area contributed by atoms with E-state index in [1.54, 1.807) is 0 Å². The van der Waals surface area contributed by atoms with Crippen LogP contribution in [-0.4, -0.2) is 0 Å². The van der Waals surface area contributed by atoms with Crippen LogP contribution in [0.4, 0.5) is 34.1 Å². The van der Waals surface area contributed by atoms with Gasteiger partial charge >= 0.3 is 0 Å². The van der Waals surface area contributed by atoms with Gasteiger partial charge < -0.3 is 14.2 Å². The second-order valence-corrected chi connectivity index (χ2v) is 19.9. The predicted molar refractivity (Wildman–Crippen MR) is 303 cm³/mol. The molecule has 0 saturated heterocycles. The molecule has 3 heteroatoms. The zero-order valence-corrected chi connectivity index (χ0v) is 40.1. The number of para-hydroxylation sites is 3. The molecule has 344 valence electrons. The van der Waals surface area contributed by atoms with Crippen LogP contribution in [0.3, 0.4) is 0 Å². The van der Waals surface area contributed by atoms with Crippen LogP contribution in [-0.2, 0) is 6.42 Å². The fraction of sp³-hybridized carbons (Fsp3) is 0.101. The molecule has 2 aliphatic carbocycles. The minimum atomic E-state index is 0.669. The average molecular weight is 925 g/mol. The Morgan fingerprint density at radius 2 is 0.986 bits per heavy atom. The first-order chi connectivity index (χ1) is 35.7. The minimum absolute atomic E-state index is 0.669. The van der Waals surface area contributed by atoms with E-state index < -0.39 is 0 Å². The molecule has 12 aromatic rings. The van der Waals surface area contributed by atoms with Crippen LogP contribution in [0.5, 0.6) is 0 Å². The zero-order chi connectivity index (χ0) is 47.5. The summed E-state index contributed by atoms with van der Waals surface area (Å²) in [4.78, 5) is 4.94. The molecule has 2 aliphatic rings. The molecule has 72 heavy (non-hydrogen) atoms. The highest BCUT2D eigenvalue weighted by Crippen LogP contribution is 2.51. The summed E-state index contributed by atoms with van der Waals surface area (Å²) in [5.74, 6) is 0.669.